The molecular formula is C14H20BrN3O3S. The number of rotatable bonds is 5. The molecular weight excluding hydrogens is 370 g/mol. The number of nitrogens with two attached hydrogens (primary N) is 1. The number of nitrogens with zero attached hydrogens (tertiary/aromatic N) is 1. The van der Waals surface area contributed by atoms with Crippen molar-refractivity contribution in [3.05, 3.63) is 28.2 Å². The molecule has 1 unspecified atom stereocenters. The van der Waals surface area contributed by atoms with Gasteiger partial charge in [0.15, 0.2) is 0 Å². The van der Waals surface area contributed by atoms with E-state index in [-0.39, 0.29) is 16.5 Å². The summed E-state index contributed by atoms with van der Waals surface area (Å²) in [5, 5.41) is 3.22. The van der Waals surface area contributed by atoms with Gasteiger partial charge in [0, 0.05) is 35.7 Å². The van der Waals surface area contributed by atoms with Crippen LogP contribution in [0, 0.1) is 0 Å². The third-order valence-corrected chi connectivity index (χ3v) is 6.07. The van der Waals surface area contributed by atoms with Gasteiger partial charge in [0.2, 0.25) is 15.9 Å². The standard InChI is InChI=1S/C14H20BrN3O3S/c1-2-3-12-9-17-4-5-18(12)22(20,21)13-7-10(14(16)19)6-11(15)8-13/h6-8,12,17H,2-5,9H2,1H3,(H2,16,19). The number of benzene rings is 1. The fourth-order valence-corrected chi connectivity index (χ4v) is 5.00. The van der Waals surface area contributed by atoms with Crippen LogP contribution in [0.2, 0.25) is 0 Å². The van der Waals surface area contributed by atoms with E-state index in [0.29, 0.717) is 24.1 Å². The molecule has 8 heteroatoms. The fourth-order valence-electron chi connectivity index (χ4n) is 2.63. The highest BCUT2D eigenvalue weighted by Gasteiger charge is 2.33. The van der Waals surface area contributed by atoms with Gasteiger partial charge >= 0.3 is 0 Å². The van der Waals surface area contributed by atoms with Crippen LogP contribution in [0.1, 0.15) is 30.1 Å². The van der Waals surface area contributed by atoms with Gasteiger partial charge in [-0.1, -0.05) is 29.3 Å². The first-order valence-corrected chi connectivity index (χ1v) is 9.42. The van der Waals surface area contributed by atoms with E-state index in [2.05, 4.69) is 21.2 Å². The summed E-state index contributed by atoms with van der Waals surface area (Å²) in [5.41, 5.74) is 5.45. The topological polar surface area (TPSA) is 92.5 Å². The van der Waals surface area contributed by atoms with Gasteiger partial charge in [0.25, 0.3) is 0 Å². The number of amides is 1. The maximum atomic E-state index is 12.9. The Bertz CT molecular complexity index is 661. The van der Waals surface area contributed by atoms with Crippen molar-refractivity contribution in [2.45, 2.75) is 30.7 Å². The molecule has 3 N–H and O–H groups in total. The molecule has 0 saturated carbocycles. The van der Waals surface area contributed by atoms with E-state index in [0.717, 1.165) is 12.8 Å². The third kappa shape index (κ3) is 3.68. The highest BCUT2D eigenvalue weighted by molar-refractivity contribution is 9.10. The monoisotopic (exact) mass is 389 g/mol. The van der Waals surface area contributed by atoms with E-state index in [4.69, 9.17) is 5.73 Å². The van der Waals surface area contributed by atoms with E-state index >= 15 is 0 Å². The highest BCUT2D eigenvalue weighted by atomic mass is 79.9. The Balaban J connectivity index is 2.42. The average molecular weight is 390 g/mol. The Morgan fingerprint density at radius 2 is 2.18 bits per heavy atom. The van der Waals surface area contributed by atoms with Crippen molar-refractivity contribution in [3.63, 3.8) is 0 Å². The molecule has 122 valence electrons. The second kappa shape index (κ2) is 7.08. The number of primary amides is 1. The van der Waals surface area contributed by atoms with Gasteiger partial charge in [-0.15, -0.1) is 0 Å². The summed E-state index contributed by atoms with van der Waals surface area (Å²) in [4.78, 5) is 11.5. The van der Waals surface area contributed by atoms with Crippen LogP contribution in [0.15, 0.2) is 27.6 Å². The molecule has 1 aromatic carbocycles. The molecule has 1 aromatic rings. The predicted octanol–water partition coefficient (Wildman–Crippen LogP) is 1.31. The van der Waals surface area contributed by atoms with Crippen molar-refractivity contribution in [2.24, 2.45) is 5.73 Å². The van der Waals surface area contributed by atoms with Crippen LogP contribution in [-0.4, -0.2) is 44.3 Å². The molecule has 0 radical (unpaired) electrons. The molecule has 0 spiro atoms. The van der Waals surface area contributed by atoms with E-state index in [9.17, 15) is 13.2 Å². The summed E-state index contributed by atoms with van der Waals surface area (Å²) in [6.45, 7) is 3.72. The first-order chi connectivity index (χ1) is 10.4. The lowest BCUT2D eigenvalue weighted by Gasteiger charge is -2.35. The first-order valence-electron chi connectivity index (χ1n) is 7.19. The number of nitrogens with one attached hydrogen (secondary N) is 1. The molecule has 0 aromatic heterocycles. The van der Waals surface area contributed by atoms with Gasteiger partial charge in [-0.2, -0.15) is 4.31 Å². The summed E-state index contributed by atoms with van der Waals surface area (Å²) < 4.78 is 27.9. The lowest BCUT2D eigenvalue weighted by Crippen LogP contribution is -2.53. The second-order valence-corrected chi connectivity index (χ2v) is 8.11. The molecule has 0 aliphatic carbocycles. The third-order valence-electron chi connectivity index (χ3n) is 3.68. The lowest BCUT2D eigenvalue weighted by molar-refractivity contribution is 0.1000. The summed E-state index contributed by atoms with van der Waals surface area (Å²) in [5.74, 6) is -0.650. The number of sulfonamides is 1. The minimum Gasteiger partial charge on any atom is -0.366 e. The van der Waals surface area contributed by atoms with Gasteiger partial charge < -0.3 is 11.1 Å². The highest BCUT2D eigenvalue weighted by Crippen LogP contribution is 2.25. The molecule has 1 amide bonds. The minimum atomic E-state index is -3.66. The molecule has 1 aliphatic rings. The van der Waals surface area contributed by atoms with Crippen LogP contribution in [0.5, 0.6) is 0 Å². The Hall–Kier alpha value is -0.960. The average Bonchev–Trinajstić information content (AvgIpc) is 2.47. The normalized spacial score (nSPS) is 20.0. The molecule has 1 saturated heterocycles. The van der Waals surface area contributed by atoms with E-state index in [1.807, 2.05) is 6.92 Å². The molecule has 22 heavy (non-hydrogen) atoms. The van der Waals surface area contributed by atoms with Crippen molar-refractivity contribution in [3.8, 4) is 0 Å². The number of carbonyl (C=O) groups excluding carboxylic acids is 1. The Morgan fingerprint density at radius 3 is 2.82 bits per heavy atom. The lowest BCUT2D eigenvalue weighted by atomic mass is 10.1. The predicted molar refractivity (Wildman–Crippen MR) is 88.1 cm³/mol. The summed E-state index contributed by atoms with van der Waals surface area (Å²) in [6.07, 6.45) is 1.70. The van der Waals surface area contributed by atoms with Crippen LogP contribution < -0.4 is 11.1 Å². The Morgan fingerprint density at radius 1 is 1.45 bits per heavy atom. The molecule has 1 aliphatic heterocycles. The zero-order valence-corrected chi connectivity index (χ0v) is 14.8. The van der Waals surface area contributed by atoms with Gasteiger partial charge in [-0.05, 0) is 24.6 Å². The number of piperazine rings is 1. The molecule has 6 nitrogen and oxygen atoms in total. The smallest absolute Gasteiger partial charge is 0.248 e. The van der Waals surface area contributed by atoms with Gasteiger partial charge in [-0.25, -0.2) is 8.42 Å². The molecule has 0 bridgehead atoms. The number of hydrogen-bond donors (Lipinski definition) is 2. The second-order valence-electron chi connectivity index (χ2n) is 5.30. The number of halogens is 1. The van der Waals surface area contributed by atoms with Gasteiger partial charge in [0.05, 0.1) is 4.90 Å². The molecule has 1 atom stereocenters. The van der Waals surface area contributed by atoms with Crippen LogP contribution in [0.4, 0.5) is 0 Å². The van der Waals surface area contributed by atoms with Crippen molar-refractivity contribution >= 4 is 31.9 Å². The van der Waals surface area contributed by atoms with E-state index in [1.165, 1.54) is 22.5 Å². The Labute approximate surface area is 139 Å². The SMILES string of the molecule is CCCC1CNCCN1S(=O)(=O)c1cc(Br)cc(C(N)=O)c1. The van der Waals surface area contributed by atoms with E-state index < -0.39 is 15.9 Å². The molecule has 2 rings (SSSR count). The summed E-state index contributed by atoms with van der Waals surface area (Å²) in [6, 6.07) is 4.29. The van der Waals surface area contributed by atoms with Gasteiger partial charge in [-0.3, -0.25) is 4.79 Å². The zero-order chi connectivity index (χ0) is 16.3. The molecule has 1 heterocycles. The van der Waals surface area contributed by atoms with Crippen LogP contribution >= 0.6 is 15.9 Å². The maximum absolute atomic E-state index is 12.9. The summed E-state index contributed by atoms with van der Waals surface area (Å²) >= 11 is 3.24. The largest absolute Gasteiger partial charge is 0.366 e. The van der Waals surface area contributed by atoms with Crippen LogP contribution in [-0.2, 0) is 10.0 Å². The van der Waals surface area contributed by atoms with Crippen molar-refractivity contribution in [1.82, 2.24) is 9.62 Å². The number of hydrogen-bond acceptors (Lipinski definition) is 4. The minimum absolute atomic E-state index is 0.0697. The quantitative estimate of drug-likeness (QED) is 0.793. The fraction of sp³-hybridized carbons (Fsp3) is 0.500. The van der Waals surface area contributed by atoms with Crippen molar-refractivity contribution < 1.29 is 13.2 Å². The first kappa shape index (κ1) is 17.4. The maximum Gasteiger partial charge on any atom is 0.248 e. The van der Waals surface area contributed by atoms with Crippen LogP contribution in [0.25, 0.3) is 0 Å². The van der Waals surface area contributed by atoms with Crippen molar-refractivity contribution in [1.29, 1.82) is 0 Å². The van der Waals surface area contributed by atoms with E-state index in [1.54, 1.807) is 0 Å². The zero-order valence-electron chi connectivity index (χ0n) is 12.4. The van der Waals surface area contributed by atoms with Crippen LogP contribution in [0.3, 0.4) is 0 Å². The summed E-state index contributed by atoms with van der Waals surface area (Å²) in [7, 11) is -3.66. The molecule has 1 fully saturated rings. The van der Waals surface area contributed by atoms with Crippen molar-refractivity contribution in [2.75, 3.05) is 19.6 Å². The number of carbonyl (C=O) groups is 1. The Kier molecular flexibility index (Phi) is 5.60. The van der Waals surface area contributed by atoms with Gasteiger partial charge in [0.1, 0.15) is 0 Å².